The topological polar surface area (TPSA) is 77.9 Å². The van der Waals surface area contributed by atoms with E-state index < -0.39 is 27.9 Å². The van der Waals surface area contributed by atoms with E-state index in [9.17, 15) is 31.5 Å². The minimum Gasteiger partial charge on any atom is -0.373 e. The molecule has 1 N–H and O–H groups in total. The van der Waals surface area contributed by atoms with Crippen LogP contribution in [0.25, 0.3) is 0 Å². The molecule has 0 saturated heterocycles. The number of carbonyl (C=O) groups is 1. The lowest BCUT2D eigenvalue weighted by molar-refractivity contribution is -0.243. The monoisotopic (exact) mass is 368 g/mol. The number of alkyl halides is 3. The number of aliphatic hydroxyl groups is 1. The van der Waals surface area contributed by atoms with Crippen LogP contribution in [0.1, 0.15) is 20.8 Å². The maximum absolute atomic E-state index is 13.0. The van der Waals surface area contributed by atoms with E-state index in [1.807, 2.05) is 0 Å². The molecular weight excluding hydrogens is 349 g/mol. The van der Waals surface area contributed by atoms with Crippen molar-refractivity contribution in [2.75, 3.05) is 17.4 Å². The lowest BCUT2D eigenvalue weighted by Crippen LogP contribution is -2.59. The molecule has 1 rings (SSSR count). The Labute approximate surface area is 138 Å². The summed E-state index contributed by atoms with van der Waals surface area (Å²) in [6.45, 7) is 3.09. The summed E-state index contributed by atoms with van der Waals surface area (Å²) in [6.07, 6.45) is -5.34. The molecule has 1 aromatic carbocycles. The lowest BCUT2D eigenvalue weighted by Gasteiger charge is -2.34. The summed E-state index contributed by atoms with van der Waals surface area (Å²) < 4.78 is 65.2. The molecule has 136 valence electrons. The van der Waals surface area contributed by atoms with Crippen LogP contribution in [-0.4, -0.2) is 48.6 Å². The Bertz CT molecular complexity index is 671. The van der Waals surface area contributed by atoms with Crippen molar-refractivity contribution in [3.05, 3.63) is 30.3 Å². The third-order valence-electron chi connectivity index (χ3n) is 3.41. The van der Waals surface area contributed by atoms with Gasteiger partial charge >= 0.3 is 16.4 Å². The van der Waals surface area contributed by atoms with Crippen molar-refractivity contribution in [1.29, 1.82) is 0 Å². The van der Waals surface area contributed by atoms with Gasteiger partial charge in [-0.05, 0) is 19.1 Å². The molecule has 0 radical (unpaired) electrons. The van der Waals surface area contributed by atoms with Gasteiger partial charge in [0.2, 0.25) is 5.60 Å². The van der Waals surface area contributed by atoms with Gasteiger partial charge in [0.05, 0.1) is 5.69 Å². The first-order valence-electron chi connectivity index (χ1n) is 7.10. The fraction of sp³-hybridized carbons (Fsp3) is 0.500. The van der Waals surface area contributed by atoms with Crippen molar-refractivity contribution in [1.82, 2.24) is 4.31 Å². The number of carbonyl (C=O) groups excluding carboxylic acids is 1. The van der Waals surface area contributed by atoms with Crippen LogP contribution >= 0.6 is 0 Å². The number of amides is 1. The zero-order valence-electron chi connectivity index (χ0n) is 13.4. The smallest absolute Gasteiger partial charge is 0.373 e. The van der Waals surface area contributed by atoms with Crippen molar-refractivity contribution in [2.45, 2.75) is 32.5 Å². The van der Waals surface area contributed by atoms with Gasteiger partial charge in [-0.15, -0.1) is 0 Å². The number of anilines is 1. The maximum Gasteiger partial charge on any atom is 0.426 e. The maximum atomic E-state index is 13.0. The number of hydrogen-bond donors (Lipinski definition) is 1. The molecule has 0 heterocycles. The summed E-state index contributed by atoms with van der Waals surface area (Å²) in [6, 6.07) is 6.60. The first-order valence-corrected chi connectivity index (χ1v) is 8.49. The Kier molecular flexibility index (Phi) is 6.01. The average molecular weight is 368 g/mol. The van der Waals surface area contributed by atoms with Gasteiger partial charge in [-0.1, -0.05) is 32.0 Å². The molecule has 1 amide bonds. The molecule has 0 spiro atoms. The Hall–Kier alpha value is -1.65. The molecule has 6 nitrogen and oxygen atoms in total. The zero-order chi connectivity index (χ0) is 18.8. The molecule has 0 aliphatic carbocycles. The third kappa shape index (κ3) is 3.70. The van der Waals surface area contributed by atoms with Crippen LogP contribution in [0.3, 0.4) is 0 Å². The number of benzene rings is 1. The molecule has 0 aliphatic heterocycles. The van der Waals surface area contributed by atoms with Crippen LogP contribution < -0.4 is 4.31 Å². The van der Waals surface area contributed by atoms with Crippen LogP contribution in [0.15, 0.2) is 30.3 Å². The van der Waals surface area contributed by atoms with Crippen LogP contribution in [0, 0.1) is 0 Å². The van der Waals surface area contributed by atoms with Crippen molar-refractivity contribution >= 4 is 21.8 Å². The second-order valence-electron chi connectivity index (χ2n) is 5.07. The van der Waals surface area contributed by atoms with Crippen LogP contribution in [0.2, 0.25) is 0 Å². The highest BCUT2D eigenvalue weighted by Gasteiger charge is 2.59. The molecule has 24 heavy (non-hydrogen) atoms. The summed E-state index contributed by atoms with van der Waals surface area (Å²) in [4.78, 5) is 12.3. The fourth-order valence-corrected chi connectivity index (χ4v) is 3.56. The largest absolute Gasteiger partial charge is 0.426 e. The lowest BCUT2D eigenvalue weighted by atomic mass is 10.1. The molecular formula is C14H19F3N2O4S. The number of hydrogen-bond acceptors (Lipinski definition) is 4. The van der Waals surface area contributed by atoms with Crippen molar-refractivity contribution < 1.29 is 31.5 Å². The van der Waals surface area contributed by atoms with Crippen LogP contribution in [0.5, 0.6) is 0 Å². The molecule has 0 saturated carbocycles. The highest BCUT2D eigenvalue weighted by atomic mass is 32.2. The van der Waals surface area contributed by atoms with E-state index >= 15 is 0 Å². The summed E-state index contributed by atoms with van der Waals surface area (Å²) in [7, 11) is -4.60. The van der Waals surface area contributed by atoms with E-state index in [1.54, 1.807) is 0 Å². The normalized spacial score (nSPS) is 15.2. The first-order chi connectivity index (χ1) is 10.9. The van der Waals surface area contributed by atoms with Gasteiger partial charge in [-0.2, -0.15) is 30.2 Å². The van der Waals surface area contributed by atoms with Gasteiger partial charge < -0.3 is 5.11 Å². The minimum absolute atomic E-state index is 0.00646. The van der Waals surface area contributed by atoms with Gasteiger partial charge in [0.1, 0.15) is 0 Å². The van der Waals surface area contributed by atoms with E-state index in [1.165, 1.54) is 44.2 Å². The zero-order valence-corrected chi connectivity index (χ0v) is 14.2. The number of para-hydroxylation sites is 1. The molecule has 0 fully saturated rings. The predicted molar refractivity (Wildman–Crippen MR) is 82.4 cm³/mol. The van der Waals surface area contributed by atoms with Crippen LogP contribution in [0.4, 0.5) is 18.9 Å². The Balaban J connectivity index is 3.56. The minimum atomic E-state index is -5.34. The van der Waals surface area contributed by atoms with E-state index in [-0.39, 0.29) is 30.0 Å². The second-order valence-corrected chi connectivity index (χ2v) is 6.84. The van der Waals surface area contributed by atoms with E-state index in [0.29, 0.717) is 0 Å². The van der Waals surface area contributed by atoms with E-state index in [2.05, 4.69) is 0 Å². The van der Waals surface area contributed by atoms with Crippen molar-refractivity contribution in [3.63, 3.8) is 0 Å². The van der Waals surface area contributed by atoms with Gasteiger partial charge in [0.25, 0.3) is 5.91 Å². The quantitative estimate of drug-likeness (QED) is 0.832. The number of halogens is 3. The Morgan fingerprint density at radius 3 is 1.96 bits per heavy atom. The van der Waals surface area contributed by atoms with Gasteiger partial charge in [-0.3, -0.25) is 4.79 Å². The van der Waals surface area contributed by atoms with Gasteiger partial charge in [0, 0.05) is 13.1 Å². The van der Waals surface area contributed by atoms with E-state index in [0.717, 1.165) is 4.31 Å². The SMILES string of the molecule is CCN(CC)S(=O)(=O)N(C(=O)C(C)(O)C(F)(F)F)c1ccccc1. The van der Waals surface area contributed by atoms with Crippen molar-refractivity contribution in [3.8, 4) is 0 Å². The molecule has 0 bridgehead atoms. The van der Waals surface area contributed by atoms with Gasteiger partial charge in [-0.25, -0.2) is 0 Å². The molecule has 0 aromatic heterocycles. The highest BCUT2D eigenvalue weighted by molar-refractivity contribution is 7.91. The molecule has 10 heteroatoms. The molecule has 1 unspecified atom stereocenters. The summed E-state index contributed by atoms with van der Waals surface area (Å²) in [5.74, 6) is -1.99. The van der Waals surface area contributed by atoms with Gasteiger partial charge in [0.15, 0.2) is 0 Å². The standard InChI is InChI=1S/C14H19F3N2O4S/c1-4-18(5-2)24(22,23)19(11-9-7-6-8-10-11)12(20)13(3,21)14(15,16)17/h6-10,21H,4-5H2,1-3H3. The Morgan fingerprint density at radius 1 is 1.12 bits per heavy atom. The van der Waals surface area contributed by atoms with E-state index in [4.69, 9.17) is 0 Å². The molecule has 1 aromatic rings. The number of nitrogens with zero attached hydrogens (tertiary/aromatic N) is 2. The first kappa shape index (κ1) is 20.4. The predicted octanol–water partition coefficient (Wildman–Crippen LogP) is 1.92. The molecule has 1 atom stereocenters. The summed E-state index contributed by atoms with van der Waals surface area (Å²) >= 11 is 0. The number of rotatable bonds is 6. The Morgan fingerprint density at radius 2 is 1.58 bits per heavy atom. The van der Waals surface area contributed by atoms with Crippen LogP contribution in [-0.2, 0) is 15.0 Å². The summed E-state index contributed by atoms with van der Waals surface area (Å²) in [5, 5.41) is 9.64. The second kappa shape index (κ2) is 7.08. The fourth-order valence-electron chi connectivity index (χ4n) is 1.90. The third-order valence-corrected chi connectivity index (χ3v) is 5.41. The highest BCUT2D eigenvalue weighted by Crippen LogP contribution is 2.34. The average Bonchev–Trinajstić information content (AvgIpc) is 2.47. The summed E-state index contributed by atoms with van der Waals surface area (Å²) in [5.41, 5.74) is -4.15. The van der Waals surface area contributed by atoms with Crippen molar-refractivity contribution in [2.24, 2.45) is 0 Å². The molecule has 0 aliphatic rings.